The van der Waals surface area contributed by atoms with Crippen molar-refractivity contribution in [2.24, 2.45) is 17.8 Å². The van der Waals surface area contributed by atoms with Gasteiger partial charge in [0.2, 0.25) is 0 Å². The van der Waals surface area contributed by atoms with Crippen LogP contribution in [0.25, 0.3) is 22.3 Å². The van der Waals surface area contributed by atoms with Crippen LogP contribution in [0.1, 0.15) is 88.7 Å². The Kier molecular flexibility index (Phi) is 8.95. The molecule has 0 aromatic heterocycles. The number of benzene rings is 3. The largest absolute Gasteiger partial charge is 0.206 e. The molecule has 3 heteroatoms. The Morgan fingerprint density at radius 2 is 1.28 bits per heavy atom. The number of hydrogen-bond acceptors (Lipinski definition) is 0. The van der Waals surface area contributed by atoms with E-state index in [4.69, 9.17) is 0 Å². The zero-order valence-corrected chi connectivity index (χ0v) is 23.4. The molecule has 0 nitrogen and oxygen atoms in total. The lowest BCUT2D eigenvalue weighted by atomic mass is 9.68. The van der Waals surface area contributed by atoms with Gasteiger partial charge in [0.25, 0.3) is 0 Å². The van der Waals surface area contributed by atoms with Gasteiger partial charge in [-0.05, 0) is 117 Å². The minimum Gasteiger partial charge on any atom is -0.206 e. The van der Waals surface area contributed by atoms with E-state index in [0.717, 1.165) is 48.1 Å². The molecule has 0 heterocycles. The molecule has 2 fully saturated rings. The van der Waals surface area contributed by atoms with Crippen LogP contribution in [0.2, 0.25) is 0 Å². The second-order valence-corrected chi connectivity index (χ2v) is 11.8. The predicted molar refractivity (Wildman–Crippen MR) is 156 cm³/mol. The molecule has 0 saturated heterocycles. The van der Waals surface area contributed by atoms with Gasteiger partial charge in [0.15, 0.2) is 11.6 Å². The first-order valence-corrected chi connectivity index (χ1v) is 15.0. The van der Waals surface area contributed by atoms with Crippen molar-refractivity contribution in [3.8, 4) is 22.3 Å². The topological polar surface area (TPSA) is 0 Å². The highest BCUT2D eigenvalue weighted by Gasteiger charge is 2.31. The van der Waals surface area contributed by atoms with Crippen molar-refractivity contribution in [1.29, 1.82) is 0 Å². The van der Waals surface area contributed by atoms with Gasteiger partial charge in [0.1, 0.15) is 5.82 Å². The lowest BCUT2D eigenvalue weighted by molar-refractivity contribution is 0.171. The Balaban J connectivity index is 1.22. The van der Waals surface area contributed by atoms with Crippen LogP contribution < -0.4 is 0 Å². The summed E-state index contributed by atoms with van der Waals surface area (Å²) in [4.78, 5) is 0. The Bertz CT molecular complexity index is 1270. The average Bonchev–Trinajstić information content (AvgIpc) is 2.97. The van der Waals surface area contributed by atoms with Gasteiger partial charge < -0.3 is 0 Å². The van der Waals surface area contributed by atoms with E-state index in [-0.39, 0.29) is 11.4 Å². The first kappa shape index (κ1) is 27.7. The maximum atomic E-state index is 15.3. The third-order valence-corrected chi connectivity index (χ3v) is 9.37. The van der Waals surface area contributed by atoms with Gasteiger partial charge >= 0.3 is 0 Å². The fourth-order valence-corrected chi connectivity index (χ4v) is 7.13. The van der Waals surface area contributed by atoms with Gasteiger partial charge in [0.05, 0.1) is 0 Å². The SMILES string of the molecule is CC=CC1CCC(C2CCC(c3ccc(-c4ccc(-c5ccc(CCC)c(F)c5F)cc4)c(F)c3)CC2)CC1. The smallest absolute Gasteiger partial charge is 0.166 e. The molecule has 5 rings (SSSR count). The molecule has 39 heavy (non-hydrogen) atoms. The van der Waals surface area contributed by atoms with Crippen molar-refractivity contribution in [1.82, 2.24) is 0 Å². The average molecular weight is 531 g/mol. The van der Waals surface area contributed by atoms with Crippen molar-refractivity contribution in [3.63, 3.8) is 0 Å². The van der Waals surface area contributed by atoms with E-state index in [0.29, 0.717) is 29.0 Å². The molecular formula is C36H41F3. The van der Waals surface area contributed by atoms with Crippen molar-refractivity contribution in [2.75, 3.05) is 0 Å². The summed E-state index contributed by atoms with van der Waals surface area (Å²) in [5.41, 5.74) is 3.61. The molecule has 0 atom stereocenters. The number of aryl methyl sites for hydroxylation is 1. The molecule has 3 aromatic rings. The van der Waals surface area contributed by atoms with Crippen molar-refractivity contribution >= 4 is 0 Å². The Labute approximate surface area is 232 Å². The summed E-state index contributed by atoms with van der Waals surface area (Å²) in [6.45, 7) is 4.07. The quantitative estimate of drug-likeness (QED) is 0.267. The Morgan fingerprint density at radius 3 is 1.87 bits per heavy atom. The normalized spacial score (nSPS) is 23.8. The monoisotopic (exact) mass is 530 g/mol. The summed E-state index contributed by atoms with van der Waals surface area (Å²) >= 11 is 0. The van der Waals surface area contributed by atoms with Gasteiger partial charge in [-0.1, -0.05) is 74.0 Å². The first-order chi connectivity index (χ1) is 19.0. The third-order valence-electron chi connectivity index (χ3n) is 9.37. The molecule has 0 bridgehead atoms. The summed E-state index contributed by atoms with van der Waals surface area (Å²) in [5.74, 6) is 1.10. The summed E-state index contributed by atoms with van der Waals surface area (Å²) < 4.78 is 44.5. The molecule has 0 spiro atoms. The van der Waals surface area contributed by atoms with Gasteiger partial charge in [-0.3, -0.25) is 0 Å². The number of halogens is 3. The molecule has 0 radical (unpaired) electrons. The third kappa shape index (κ3) is 6.18. The van der Waals surface area contributed by atoms with Crippen LogP contribution in [0.5, 0.6) is 0 Å². The van der Waals surface area contributed by atoms with Crippen LogP contribution in [0, 0.1) is 35.2 Å². The van der Waals surface area contributed by atoms with Gasteiger partial charge in [-0.25, -0.2) is 13.2 Å². The van der Waals surface area contributed by atoms with E-state index < -0.39 is 11.6 Å². The van der Waals surface area contributed by atoms with Crippen LogP contribution in [-0.4, -0.2) is 0 Å². The van der Waals surface area contributed by atoms with E-state index in [2.05, 4.69) is 25.1 Å². The van der Waals surface area contributed by atoms with E-state index in [1.54, 1.807) is 42.5 Å². The molecule has 0 aliphatic heterocycles. The molecule has 2 aliphatic carbocycles. The maximum absolute atomic E-state index is 15.3. The van der Waals surface area contributed by atoms with E-state index in [1.165, 1.54) is 38.5 Å². The molecule has 0 N–H and O–H groups in total. The Hall–Kier alpha value is -2.81. The maximum Gasteiger partial charge on any atom is 0.166 e. The molecular weight excluding hydrogens is 489 g/mol. The molecule has 2 aliphatic rings. The number of hydrogen-bond donors (Lipinski definition) is 0. The number of allylic oxidation sites excluding steroid dienone is 2. The standard InChI is InChI=1S/C36H41F3/c1-3-5-24-7-9-25(10-8-24)26-11-13-27(14-12-26)31-20-21-32(34(37)23-31)28-15-17-29(18-16-28)33-22-19-30(6-4-2)35(38)36(33)39/h3,5,15-27H,4,6-14H2,1-2H3. The molecule has 0 amide bonds. The fourth-order valence-electron chi connectivity index (χ4n) is 7.13. The highest BCUT2D eigenvalue weighted by molar-refractivity contribution is 5.71. The van der Waals surface area contributed by atoms with Gasteiger partial charge in [0, 0.05) is 11.1 Å². The second-order valence-electron chi connectivity index (χ2n) is 11.8. The zero-order valence-electron chi connectivity index (χ0n) is 23.4. The van der Waals surface area contributed by atoms with Gasteiger partial charge in [-0.2, -0.15) is 0 Å². The minimum atomic E-state index is -0.819. The van der Waals surface area contributed by atoms with Crippen molar-refractivity contribution in [2.45, 2.75) is 84.0 Å². The van der Waals surface area contributed by atoms with Crippen LogP contribution >= 0.6 is 0 Å². The predicted octanol–water partition coefficient (Wildman–Crippen LogP) is 11.0. The molecule has 0 unspecified atom stereocenters. The summed E-state index contributed by atoms with van der Waals surface area (Å²) in [6.07, 6.45) is 16.0. The lowest BCUT2D eigenvalue weighted by Crippen LogP contribution is -2.25. The van der Waals surface area contributed by atoms with E-state index in [1.807, 2.05) is 13.0 Å². The van der Waals surface area contributed by atoms with Gasteiger partial charge in [-0.15, -0.1) is 0 Å². The van der Waals surface area contributed by atoms with Crippen LogP contribution in [0.3, 0.4) is 0 Å². The molecule has 2 saturated carbocycles. The van der Waals surface area contributed by atoms with Crippen LogP contribution in [0.4, 0.5) is 13.2 Å². The van der Waals surface area contributed by atoms with Crippen LogP contribution in [0.15, 0.2) is 66.7 Å². The van der Waals surface area contributed by atoms with E-state index in [9.17, 15) is 8.78 Å². The second kappa shape index (κ2) is 12.6. The first-order valence-electron chi connectivity index (χ1n) is 15.0. The summed E-state index contributed by atoms with van der Waals surface area (Å²) in [6, 6.07) is 16.1. The summed E-state index contributed by atoms with van der Waals surface area (Å²) in [7, 11) is 0. The lowest BCUT2D eigenvalue weighted by Gasteiger charge is -2.37. The molecule has 206 valence electrons. The highest BCUT2D eigenvalue weighted by atomic mass is 19.2. The number of rotatable bonds is 7. The van der Waals surface area contributed by atoms with E-state index >= 15 is 4.39 Å². The summed E-state index contributed by atoms with van der Waals surface area (Å²) in [5, 5.41) is 0. The molecule has 3 aromatic carbocycles. The van der Waals surface area contributed by atoms with Crippen molar-refractivity contribution in [3.05, 3.63) is 95.3 Å². The highest BCUT2D eigenvalue weighted by Crippen LogP contribution is 2.44. The van der Waals surface area contributed by atoms with Crippen molar-refractivity contribution < 1.29 is 13.2 Å². The Morgan fingerprint density at radius 1 is 0.692 bits per heavy atom. The zero-order chi connectivity index (χ0) is 27.4. The van der Waals surface area contributed by atoms with Crippen LogP contribution in [-0.2, 0) is 6.42 Å². The minimum absolute atomic E-state index is 0.217. The fraction of sp³-hybridized carbons (Fsp3) is 0.444.